The zero-order chi connectivity index (χ0) is 13.5. The lowest BCUT2D eigenvalue weighted by Gasteiger charge is -2.06. The van der Waals surface area contributed by atoms with E-state index in [9.17, 15) is 4.79 Å². The first-order valence-electron chi connectivity index (χ1n) is 5.15. The molecule has 0 aliphatic rings. The fraction of sp³-hybridized carbons (Fsp3) is 0.167. The van der Waals surface area contributed by atoms with Crippen LogP contribution in [0.2, 0.25) is 0 Å². The van der Waals surface area contributed by atoms with Crippen LogP contribution in [0.1, 0.15) is 24.2 Å². The number of aliphatic imine (C=N–C) groups is 1. The summed E-state index contributed by atoms with van der Waals surface area (Å²) in [6, 6.07) is 4.69. The van der Waals surface area contributed by atoms with E-state index in [0.29, 0.717) is 17.4 Å². The maximum atomic E-state index is 10.8. The van der Waals surface area contributed by atoms with Crippen molar-refractivity contribution in [2.45, 2.75) is 13.8 Å². The first-order chi connectivity index (χ1) is 8.56. The van der Waals surface area contributed by atoms with E-state index in [4.69, 9.17) is 10.4 Å². The molecule has 0 bridgehead atoms. The van der Waals surface area contributed by atoms with Gasteiger partial charge in [0.15, 0.2) is 0 Å². The van der Waals surface area contributed by atoms with Crippen LogP contribution in [0.3, 0.4) is 0 Å². The van der Waals surface area contributed by atoms with E-state index in [0.717, 1.165) is 0 Å². The molecule has 0 unspecified atom stereocenters. The fourth-order valence-electron chi connectivity index (χ4n) is 1.13. The normalized spacial score (nSPS) is 11.8. The van der Waals surface area contributed by atoms with Gasteiger partial charge in [0.25, 0.3) is 0 Å². The molecule has 1 aromatic heterocycles. The monoisotopic (exact) mass is 244 g/mol. The van der Waals surface area contributed by atoms with E-state index in [1.165, 1.54) is 18.3 Å². The van der Waals surface area contributed by atoms with E-state index in [1.54, 1.807) is 19.9 Å². The minimum absolute atomic E-state index is 0.129. The maximum absolute atomic E-state index is 10.8. The molecule has 0 radical (unpaired) electrons. The second-order valence-electron chi connectivity index (χ2n) is 3.34. The summed E-state index contributed by atoms with van der Waals surface area (Å²) in [5, 5.41) is 20.3. The number of carboxylic acid groups (broad SMARTS) is 1. The Morgan fingerprint density at radius 1 is 1.67 bits per heavy atom. The van der Waals surface area contributed by atoms with Gasteiger partial charge < -0.3 is 10.4 Å². The molecule has 1 heterocycles. The number of aromatic nitrogens is 1. The molecule has 0 atom stereocenters. The molecular formula is C12H12N4O2. The summed E-state index contributed by atoms with van der Waals surface area (Å²) in [6.07, 6.45) is 3.05. The first kappa shape index (κ1) is 13.4. The molecule has 0 saturated heterocycles. The summed E-state index contributed by atoms with van der Waals surface area (Å²) in [4.78, 5) is 18.8. The van der Waals surface area contributed by atoms with Crippen LogP contribution < -0.4 is 5.32 Å². The molecule has 0 aliphatic carbocycles. The number of hydrogen-bond donors (Lipinski definition) is 2. The molecule has 0 amide bonds. The summed E-state index contributed by atoms with van der Waals surface area (Å²) < 4.78 is 0. The van der Waals surface area contributed by atoms with Gasteiger partial charge in [0.1, 0.15) is 23.4 Å². The van der Waals surface area contributed by atoms with Gasteiger partial charge >= 0.3 is 5.97 Å². The number of rotatable bonds is 4. The SMILES string of the molecule is C/C=C(\N=C(C)C#N)Nc1cc(C(=O)O)ccn1. The van der Waals surface area contributed by atoms with Gasteiger partial charge in [-0.2, -0.15) is 5.26 Å². The highest BCUT2D eigenvalue weighted by molar-refractivity contribution is 5.97. The molecular weight excluding hydrogens is 232 g/mol. The molecule has 6 nitrogen and oxygen atoms in total. The standard InChI is InChI=1S/C12H12N4O2/c1-3-10(15-8(2)7-13)16-11-6-9(12(17)18)4-5-14-11/h3-6H,1-2H3,(H,14,16)(H,17,18)/b10-3+,15-8?. The van der Waals surface area contributed by atoms with Crippen LogP contribution in [-0.4, -0.2) is 21.8 Å². The van der Waals surface area contributed by atoms with E-state index in [1.807, 2.05) is 6.07 Å². The van der Waals surface area contributed by atoms with Crippen molar-refractivity contribution >= 4 is 17.5 Å². The second kappa shape index (κ2) is 6.15. The summed E-state index contributed by atoms with van der Waals surface area (Å²) >= 11 is 0. The average molecular weight is 244 g/mol. The zero-order valence-electron chi connectivity index (χ0n) is 10.0. The van der Waals surface area contributed by atoms with Crippen LogP contribution in [0, 0.1) is 11.3 Å². The minimum atomic E-state index is -1.03. The van der Waals surface area contributed by atoms with Gasteiger partial charge in [-0.05, 0) is 32.1 Å². The third-order valence-corrected chi connectivity index (χ3v) is 1.99. The van der Waals surface area contributed by atoms with E-state index in [2.05, 4.69) is 15.3 Å². The fourth-order valence-corrected chi connectivity index (χ4v) is 1.13. The number of nitrogens with one attached hydrogen (secondary N) is 1. The first-order valence-corrected chi connectivity index (χ1v) is 5.15. The lowest BCUT2D eigenvalue weighted by Crippen LogP contribution is -2.03. The smallest absolute Gasteiger partial charge is 0.335 e. The van der Waals surface area contributed by atoms with Crippen LogP contribution in [0.25, 0.3) is 0 Å². The average Bonchev–Trinajstić information content (AvgIpc) is 2.38. The number of nitriles is 1. The molecule has 1 rings (SSSR count). The van der Waals surface area contributed by atoms with Gasteiger partial charge in [-0.1, -0.05) is 0 Å². The van der Waals surface area contributed by atoms with Gasteiger partial charge in [-0.25, -0.2) is 14.8 Å². The van der Waals surface area contributed by atoms with Crippen molar-refractivity contribution in [3.63, 3.8) is 0 Å². The van der Waals surface area contributed by atoms with Crippen LogP contribution in [-0.2, 0) is 0 Å². The number of allylic oxidation sites excluding steroid dienone is 1. The quantitative estimate of drug-likeness (QED) is 0.789. The van der Waals surface area contributed by atoms with Crippen LogP contribution in [0.4, 0.5) is 5.82 Å². The molecule has 2 N–H and O–H groups in total. The van der Waals surface area contributed by atoms with Crippen molar-refractivity contribution in [1.82, 2.24) is 4.98 Å². The highest BCUT2D eigenvalue weighted by Gasteiger charge is 2.04. The van der Waals surface area contributed by atoms with Crippen LogP contribution in [0.5, 0.6) is 0 Å². The van der Waals surface area contributed by atoms with E-state index in [-0.39, 0.29) is 5.56 Å². The predicted molar refractivity (Wildman–Crippen MR) is 67.3 cm³/mol. The molecule has 6 heteroatoms. The van der Waals surface area contributed by atoms with Gasteiger partial charge in [0.05, 0.1) is 5.56 Å². The number of pyridine rings is 1. The lowest BCUT2D eigenvalue weighted by atomic mass is 10.2. The topological polar surface area (TPSA) is 98.4 Å². The van der Waals surface area contributed by atoms with Crippen molar-refractivity contribution in [1.29, 1.82) is 5.26 Å². The maximum Gasteiger partial charge on any atom is 0.335 e. The molecule has 0 saturated carbocycles. The summed E-state index contributed by atoms with van der Waals surface area (Å²) in [5.41, 5.74) is 0.425. The number of anilines is 1. The van der Waals surface area contributed by atoms with Crippen molar-refractivity contribution in [2.24, 2.45) is 4.99 Å². The second-order valence-corrected chi connectivity index (χ2v) is 3.34. The summed E-state index contributed by atoms with van der Waals surface area (Å²) in [7, 11) is 0. The lowest BCUT2D eigenvalue weighted by molar-refractivity contribution is 0.0697. The molecule has 0 fully saturated rings. The van der Waals surface area contributed by atoms with E-state index < -0.39 is 5.97 Å². The zero-order valence-corrected chi connectivity index (χ0v) is 10.0. The van der Waals surface area contributed by atoms with E-state index >= 15 is 0 Å². The molecule has 18 heavy (non-hydrogen) atoms. The molecule has 0 aromatic carbocycles. The van der Waals surface area contributed by atoms with Crippen LogP contribution in [0.15, 0.2) is 35.2 Å². The number of aromatic carboxylic acids is 1. The number of nitrogens with zero attached hydrogens (tertiary/aromatic N) is 3. The van der Waals surface area contributed by atoms with Gasteiger partial charge in [0, 0.05) is 6.20 Å². The molecule has 0 aliphatic heterocycles. The Balaban J connectivity index is 2.94. The largest absolute Gasteiger partial charge is 0.478 e. The number of carbonyl (C=O) groups is 1. The molecule has 0 spiro atoms. The third kappa shape index (κ3) is 3.72. The molecule has 1 aromatic rings. The predicted octanol–water partition coefficient (Wildman–Crippen LogP) is 2.04. The van der Waals surface area contributed by atoms with Crippen molar-refractivity contribution in [3.05, 3.63) is 35.8 Å². The van der Waals surface area contributed by atoms with Crippen molar-refractivity contribution < 1.29 is 9.90 Å². The highest BCUT2D eigenvalue weighted by Crippen LogP contribution is 2.10. The van der Waals surface area contributed by atoms with Crippen molar-refractivity contribution in [2.75, 3.05) is 5.32 Å². The Hall–Kier alpha value is -2.68. The van der Waals surface area contributed by atoms with Crippen molar-refractivity contribution in [3.8, 4) is 6.07 Å². The Bertz CT molecular complexity index is 555. The number of carboxylic acids is 1. The molecule has 92 valence electrons. The van der Waals surface area contributed by atoms with Gasteiger partial charge in [-0.3, -0.25) is 0 Å². The van der Waals surface area contributed by atoms with Crippen LogP contribution >= 0.6 is 0 Å². The van der Waals surface area contributed by atoms with Gasteiger partial charge in [-0.15, -0.1) is 0 Å². The Kier molecular flexibility index (Phi) is 4.58. The Morgan fingerprint density at radius 3 is 2.94 bits per heavy atom. The number of hydrogen-bond acceptors (Lipinski definition) is 5. The summed E-state index contributed by atoms with van der Waals surface area (Å²) in [6.45, 7) is 3.32. The minimum Gasteiger partial charge on any atom is -0.478 e. The summed E-state index contributed by atoms with van der Waals surface area (Å²) in [5.74, 6) is -0.235. The Morgan fingerprint density at radius 2 is 2.39 bits per heavy atom. The Labute approximate surface area is 104 Å². The van der Waals surface area contributed by atoms with Gasteiger partial charge in [0.2, 0.25) is 0 Å². The highest BCUT2D eigenvalue weighted by atomic mass is 16.4. The third-order valence-electron chi connectivity index (χ3n) is 1.99.